The van der Waals surface area contributed by atoms with Gasteiger partial charge in [0, 0.05) is 12.7 Å². The minimum atomic E-state index is -0.178. The van der Waals surface area contributed by atoms with Crippen molar-refractivity contribution < 1.29 is 9.13 Å². The van der Waals surface area contributed by atoms with Crippen LogP contribution in [0.15, 0.2) is 24.3 Å². The fourth-order valence-corrected chi connectivity index (χ4v) is 2.40. The highest BCUT2D eigenvalue weighted by Crippen LogP contribution is 2.33. The first-order valence-corrected chi connectivity index (χ1v) is 6.92. The number of methoxy groups -OCH3 is 1. The molecule has 0 saturated carbocycles. The third kappa shape index (κ3) is 4.29. The molecule has 19 heavy (non-hydrogen) atoms. The lowest BCUT2D eigenvalue weighted by Gasteiger charge is -2.37. The standard InChI is InChI=1S/C16H26FNO/c1-6-11-18-14(15(19-5)16(2,3)4)12-9-7-8-10-13(12)17/h7-10,14-15,18H,6,11H2,1-5H3. The van der Waals surface area contributed by atoms with Crippen molar-refractivity contribution in [3.63, 3.8) is 0 Å². The van der Waals surface area contributed by atoms with Gasteiger partial charge in [-0.1, -0.05) is 45.9 Å². The Balaban J connectivity index is 3.10. The number of halogens is 1. The lowest BCUT2D eigenvalue weighted by atomic mass is 9.81. The quantitative estimate of drug-likeness (QED) is 0.843. The highest BCUT2D eigenvalue weighted by atomic mass is 19.1. The van der Waals surface area contributed by atoms with Gasteiger partial charge < -0.3 is 10.1 Å². The molecule has 0 heterocycles. The second kappa shape index (κ2) is 7.01. The summed E-state index contributed by atoms with van der Waals surface area (Å²) in [6.45, 7) is 9.28. The molecular weight excluding hydrogens is 241 g/mol. The molecule has 0 spiro atoms. The Hall–Kier alpha value is -0.930. The minimum absolute atomic E-state index is 0.0670. The second-order valence-electron chi connectivity index (χ2n) is 5.98. The molecule has 2 atom stereocenters. The van der Waals surface area contributed by atoms with Gasteiger partial charge in [-0.15, -0.1) is 0 Å². The van der Waals surface area contributed by atoms with Crippen LogP contribution >= 0.6 is 0 Å². The Kier molecular flexibility index (Phi) is 5.95. The van der Waals surface area contributed by atoms with Gasteiger partial charge in [-0.25, -0.2) is 4.39 Å². The minimum Gasteiger partial charge on any atom is -0.379 e. The van der Waals surface area contributed by atoms with Crippen molar-refractivity contribution in [1.29, 1.82) is 0 Å². The van der Waals surface area contributed by atoms with Gasteiger partial charge in [0.2, 0.25) is 0 Å². The summed E-state index contributed by atoms with van der Waals surface area (Å²) < 4.78 is 19.7. The molecule has 1 aromatic carbocycles. The van der Waals surface area contributed by atoms with Gasteiger partial charge in [0.05, 0.1) is 12.1 Å². The molecular formula is C16H26FNO. The molecule has 1 rings (SSSR count). The van der Waals surface area contributed by atoms with Gasteiger partial charge in [-0.3, -0.25) is 0 Å². The smallest absolute Gasteiger partial charge is 0.128 e. The summed E-state index contributed by atoms with van der Waals surface area (Å²) in [7, 11) is 1.69. The average Bonchev–Trinajstić information content (AvgIpc) is 2.34. The van der Waals surface area contributed by atoms with Gasteiger partial charge in [-0.05, 0) is 24.4 Å². The predicted octanol–water partition coefficient (Wildman–Crippen LogP) is 3.93. The zero-order valence-corrected chi connectivity index (χ0v) is 12.7. The zero-order chi connectivity index (χ0) is 14.5. The molecule has 0 aliphatic carbocycles. The van der Waals surface area contributed by atoms with Crippen LogP contribution in [0.2, 0.25) is 0 Å². The predicted molar refractivity (Wildman–Crippen MR) is 77.7 cm³/mol. The summed E-state index contributed by atoms with van der Waals surface area (Å²) in [5.41, 5.74) is 0.611. The maximum Gasteiger partial charge on any atom is 0.128 e. The van der Waals surface area contributed by atoms with Crippen molar-refractivity contribution >= 4 is 0 Å². The molecule has 0 amide bonds. The van der Waals surface area contributed by atoms with E-state index in [2.05, 4.69) is 33.0 Å². The summed E-state index contributed by atoms with van der Waals surface area (Å²) in [6.07, 6.45) is 0.918. The first kappa shape index (κ1) is 16.1. The second-order valence-corrected chi connectivity index (χ2v) is 5.98. The monoisotopic (exact) mass is 267 g/mol. The van der Waals surface area contributed by atoms with E-state index in [0.717, 1.165) is 13.0 Å². The van der Waals surface area contributed by atoms with E-state index in [1.54, 1.807) is 13.2 Å². The summed E-state index contributed by atoms with van der Waals surface area (Å²) >= 11 is 0. The van der Waals surface area contributed by atoms with E-state index < -0.39 is 0 Å². The third-order valence-corrected chi connectivity index (χ3v) is 3.26. The third-order valence-electron chi connectivity index (χ3n) is 3.26. The van der Waals surface area contributed by atoms with E-state index in [0.29, 0.717) is 5.56 Å². The number of nitrogens with one attached hydrogen (secondary N) is 1. The maximum atomic E-state index is 14.1. The molecule has 2 nitrogen and oxygen atoms in total. The van der Waals surface area contributed by atoms with Crippen molar-refractivity contribution in [1.82, 2.24) is 5.32 Å². The number of rotatable bonds is 6. The normalized spacial score (nSPS) is 15.3. The SMILES string of the molecule is CCCNC(c1ccccc1F)C(OC)C(C)(C)C. The fraction of sp³-hybridized carbons (Fsp3) is 0.625. The Morgan fingerprint density at radius 1 is 1.26 bits per heavy atom. The van der Waals surface area contributed by atoms with Crippen LogP contribution < -0.4 is 5.32 Å². The Morgan fingerprint density at radius 2 is 1.89 bits per heavy atom. The van der Waals surface area contributed by atoms with Crippen LogP contribution in [0.25, 0.3) is 0 Å². The van der Waals surface area contributed by atoms with E-state index in [-0.39, 0.29) is 23.4 Å². The van der Waals surface area contributed by atoms with Crippen LogP contribution in [0.1, 0.15) is 45.7 Å². The topological polar surface area (TPSA) is 21.3 Å². The zero-order valence-electron chi connectivity index (χ0n) is 12.7. The van der Waals surface area contributed by atoms with Gasteiger partial charge in [0.25, 0.3) is 0 Å². The van der Waals surface area contributed by atoms with Crippen LogP contribution in [0.5, 0.6) is 0 Å². The van der Waals surface area contributed by atoms with Gasteiger partial charge >= 0.3 is 0 Å². The van der Waals surface area contributed by atoms with E-state index in [4.69, 9.17) is 4.74 Å². The molecule has 108 valence electrons. The molecule has 0 aromatic heterocycles. The molecule has 0 fully saturated rings. The molecule has 0 saturated heterocycles. The number of hydrogen-bond acceptors (Lipinski definition) is 2. The molecule has 1 aromatic rings. The van der Waals surface area contributed by atoms with Crippen LogP contribution in [0.4, 0.5) is 4.39 Å². The first-order valence-electron chi connectivity index (χ1n) is 6.92. The molecule has 3 heteroatoms. The van der Waals surface area contributed by atoms with Gasteiger partial charge in [0.1, 0.15) is 5.82 Å². The van der Waals surface area contributed by atoms with Crippen LogP contribution in [0, 0.1) is 11.2 Å². The number of hydrogen-bond donors (Lipinski definition) is 1. The van der Waals surface area contributed by atoms with E-state index in [1.165, 1.54) is 6.07 Å². The van der Waals surface area contributed by atoms with Gasteiger partial charge in [-0.2, -0.15) is 0 Å². The Bertz CT molecular complexity index is 387. The number of benzene rings is 1. The molecule has 2 unspecified atom stereocenters. The average molecular weight is 267 g/mol. The highest BCUT2D eigenvalue weighted by molar-refractivity contribution is 5.23. The van der Waals surface area contributed by atoms with E-state index >= 15 is 0 Å². The van der Waals surface area contributed by atoms with Gasteiger partial charge in [0.15, 0.2) is 0 Å². The largest absolute Gasteiger partial charge is 0.379 e. The highest BCUT2D eigenvalue weighted by Gasteiger charge is 2.34. The van der Waals surface area contributed by atoms with Crippen LogP contribution in [-0.4, -0.2) is 19.8 Å². The van der Waals surface area contributed by atoms with Crippen molar-refractivity contribution in [2.24, 2.45) is 5.41 Å². The Morgan fingerprint density at radius 3 is 2.37 bits per heavy atom. The number of ether oxygens (including phenoxy) is 1. The Labute approximate surface area is 116 Å². The molecule has 0 radical (unpaired) electrons. The maximum absolute atomic E-state index is 14.1. The van der Waals surface area contributed by atoms with E-state index in [9.17, 15) is 4.39 Å². The summed E-state index contributed by atoms with van der Waals surface area (Å²) in [5, 5.41) is 3.42. The summed E-state index contributed by atoms with van der Waals surface area (Å²) in [6, 6.07) is 6.79. The van der Waals surface area contributed by atoms with Crippen molar-refractivity contribution in [3.8, 4) is 0 Å². The molecule has 1 N–H and O–H groups in total. The van der Waals surface area contributed by atoms with E-state index in [1.807, 2.05) is 12.1 Å². The van der Waals surface area contributed by atoms with Crippen molar-refractivity contribution in [2.75, 3.05) is 13.7 Å². The molecule has 0 bridgehead atoms. The molecule has 0 aliphatic heterocycles. The molecule has 0 aliphatic rings. The lowest BCUT2D eigenvalue weighted by molar-refractivity contribution is -0.0127. The first-order chi connectivity index (χ1) is 8.91. The lowest BCUT2D eigenvalue weighted by Crippen LogP contribution is -2.42. The van der Waals surface area contributed by atoms with Crippen LogP contribution in [-0.2, 0) is 4.74 Å². The summed E-state index contributed by atoms with van der Waals surface area (Å²) in [4.78, 5) is 0. The fourth-order valence-electron chi connectivity index (χ4n) is 2.40. The summed E-state index contributed by atoms with van der Waals surface area (Å²) in [5.74, 6) is -0.178. The van der Waals surface area contributed by atoms with Crippen molar-refractivity contribution in [3.05, 3.63) is 35.6 Å². The van der Waals surface area contributed by atoms with Crippen LogP contribution in [0.3, 0.4) is 0 Å². The van der Waals surface area contributed by atoms with Crippen molar-refractivity contribution in [2.45, 2.75) is 46.3 Å².